The van der Waals surface area contributed by atoms with Crippen molar-refractivity contribution in [1.82, 2.24) is 0 Å². The van der Waals surface area contributed by atoms with E-state index in [0.717, 1.165) is 36.0 Å². The number of benzene rings is 2. The highest BCUT2D eigenvalue weighted by molar-refractivity contribution is 7.07. The number of aliphatic hydroxyl groups is 1. The predicted octanol–water partition coefficient (Wildman–Crippen LogP) is 5.91. The Hall–Kier alpha value is -2.83. The van der Waals surface area contributed by atoms with Gasteiger partial charge in [-0.15, -0.1) is 0 Å². The largest absolute Gasteiger partial charge is 0.496 e. The molecule has 3 rings (SSSR count). The maximum Gasteiger partial charge on any atom is 0.308 e. The Morgan fingerprint density at radius 1 is 1.03 bits per heavy atom. The number of thiophene rings is 1. The Morgan fingerprint density at radius 2 is 1.70 bits per heavy atom. The van der Waals surface area contributed by atoms with Crippen LogP contribution in [0.5, 0.6) is 17.2 Å². The second-order valence-corrected chi connectivity index (χ2v) is 9.00. The fraction of sp³-hybridized carbons (Fsp3) is 0.370. The summed E-state index contributed by atoms with van der Waals surface area (Å²) < 4.78 is 16.2. The fourth-order valence-corrected chi connectivity index (χ4v) is 4.79. The van der Waals surface area contributed by atoms with Gasteiger partial charge in [-0.3, -0.25) is 4.79 Å². The molecule has 2 unspecified atom stereocenters. The first-order chi connectivity index (χ1) is 15.9. The monoisotopic (exact) mass is 468 g/mol. The number of aliphatic hydroxyl groups excluding tert-OH is 1. The Kier molecular flexibility index (Phi) is 8.92. The number of carbonyl (C=O) groups is 1. The van der Waals surface area contributed by atoms with E-state index in [1.807, 2.05) is 31.2 Å². The minimum Gasteiger partial charge on any atom is -0.496 e. The molecule has 5 nitrogen and oxygen atoms in total. The van der Waals surface area contributed by atoms with Crippen LogP contribution in [0, 0.1) is 12.8 Å². The lowest BCUT2D eigenvalue weighted by molar-refractivity contribution is -0.131. The Morgan fingerprint density at radius 3 is 2.24 bits per heavy atom. The number of esters is 1. The van der Waals surface area contributed by atoms with Crippen molar-refractivity contribution in [3.05, 3.63) is 75.5 Å². The van der Waals surface area contributed by atoms with Crippen molar-refractivity contribution in [2.75, 3.05) is 14.2 Å². The van der Waals surface area contributed by atoms with Crippen LogP contribution < -0.4 is 14.2 Å². The number of rotatable bonds is 11. The van der Waals surface area contributed by atoms with Gasteiger partial charge in [0.1, 0.15) is 17.2 Å². The quantitative estimate of drug-likeness (QED) is 0.280. The minimum atomic E-state index is -0.677. The van der Waals surface area contributed by atoms with Crippen molar-refractivity contribution in [1.29, 1.82) is 0 Å². The van der Waals surface area contributed by atoms with Gasteiger partial charge in [-0.05, 0) is 96.3 Å². The van der Waals surface area contributed by atoms with Gasteiger partial charge in [-0.2, -0.15) is 11.3 Å². The van der Waals surface area contributed by atoms with Crippen LogP contribution in [0.15, 0.2) is 53.2 Å². The molecule has 1 heterocycles. The lowest BCUT2D eigenvalue weighted by Crippen LogP contribution is -2.16. The zero-order valence-electron chi connectivity index (χ0n) is 19.7. The summed E-state index contributed by atoms with van der Waals surface area (Å²) in [6.45, 7) is 3.33. The van der Waals surface area contributed by atoms with Gasteiger partial charge in [0.05, 0.1) is 20.3 Å². The van der Waals surface area contributed by atoms with Gasteiger partial charge in [0.25, 0.3) is 0 Å². The van der Waals surface area contributed by atoms with Gasteiger partial charge < -0.3 is 19.3 Å². The van der Waals surface area contributed by atoms with E-state index in [9.17, 15) is 9.90 Å². The molecule has 0 bridgehead atoms. The molecule has 176 valence electrons. The smallest absolute Gasteiger partial charge is 0.308 e. The molecule has 2 aromatic carbocycles. The molecule has 0 aliphatic carbocycles. The van der Waals surface area contributed by atoms with Crippen molar-refractivity contribution in [3.8, 4) is 17.2 Å². The normalized spacial score (nSPS) is 12.8. The van der Waals surface area contributed by atoms with E-state index in [4.69, 9.17) is 14.2 Å². The van der Waals surface area contributed by atoms with Crippen molar-refractivity contribution in [2.24, 2.45) is 5.92 Å². The van der Waals surface area contributed by atoms with E-state index in [1.165, 1.54) is 12.5 Å². The SMILES string of the molecule is COc1cc(C(O)C(CCCc2ccsc2)Cc2ccc(OC(C)=O)cc2)cc(OC)c1C. The summed E-state index contributed by atoms with van der Waals surface area (Å²) in [5.74, 6) is 1.58. The second-order valence-electron chi connectivity index (χ2n) is 8.22. The maximum absolute atomic E-state index is 11.4. The molecule has 0 radical (unpaired) electrons. The van der Waals surface area contributed by atoms with Crippen LogP contribution in [0.1, 0.15) is 48.1 Å². The molecule has 1 aromatic heterocycles. The predicted molar refractivity (Wildman–Crippen MR) is 131 cm³/mol. The fourth-order valence-electron chi connectivity index (χ4n) is 4.09. The van der Waals surface area contributed by atoms with Crippen LogP contribution in [-0.4, -0.2) is 25.3 Å². The van der Waals surface area contributed by atoms with E-state index in [2.05, 4.69) is 16.8 Å². The number of carbonyl (C=O) groups excluding carboxylic acids is 1. The Labute approximate surface area is 199 Å². The molecular formula is C27H32O5S. The van der Waals surface area contributed by atoms with Gasteiger partial charge in [0, 0.05) is 12.5 Å². The van der Waals surface area contributed by atoms with Crippen LogP contribution in [0.4, 0.5) is 0 Å². The molecule has 0 aliphatic rings. The van der Waals surface area contributed by atoms with Gasteiger partial charge in [-0.1, -0.05) is 12.1 Å². The molecule has 0 aliphatic heterocycles. The summed E-state index contributed by atoms with van der Waals surface area (Å²) in [7, 11) is 3.25. The van der Waals surface area contributed by atoms with Gasteiger partial charge >= 0.3 is 5.97 Å². The molecule has 0 amide bonds. The topological polar surface area (TPSA) is 65.0 Å². The van der Waals surface area contributed by atoms with E-state index in [0.29, 0.717) is 23.7 Å². The Balaban J connectivity index is 1.81. The summed E-state index contributed by atoms with van der Waals surface area (Å²) in [5.41, 5.74) is 4.10. The summed E-state index contributed by atoms with van der Waals surface area (Å²) in [6, 6.07) is 13.4. The van der Waals surface area contributed by atoms with E-state index in [-0.39, 0.29) is 11.9 Å². The van der Waals surface area contributed by atoms with Crippen molar-refractivity contribution in [2.45, 2.75) is 45.6 Å². The number of hydrogen-bond donors (Lipinski definition) is 1. The zero-order chi connectivity index (χ0) is 23.8. The molecule has 0 saturated heterocycles. The molecule has 1 N–H and O–H groups in total. The van der Waals surface area contributed by atoms with Crippen LogP contribution >= 0.6 is 11.3 Å². The van der Waals surface area contributed by atoms with E-state index in [1.54, 1.807) is 37.7 Å². The van der Waals surface area contributed by atoms with Crippen LogP contribution in [0.3, 0.4) is 0 Å². The van der Waals surface area contributed by atoms with Gasteiger partial charge in [-0.25, -0.2) is 0 Å². The molecule has 0 spiro atoms. The first kappa shape index (κ1) is 24.8. The third-order valence-electron chi connectivity index (χ3n) is 5.87. The third kappa shape index (κ3) is 6.83. The van der Waals surface area contributed by atoms with Gasteiger partial charge in [0.15, 0.2) is 0 Å². The van der Waals surface area contributed by atoms with E-state index >= 15 is 0 Å². The zero-order valence-corrected chi connectivity index (χ0v) is 20.5. The average molecular weight is 469 g/mol. The van der Waals surface area contributed by atoms with E-state index < -0.39 is 6.10 Å². The first-order valence-electron chi connectivity index (χ1n) is 11.1. The van der Waals surface area contributed by atoms with Crippen LogP contribution in [-0.2, 0) is 17.6 Å². The molecule has 0 fully saturated rings. The standard InChI is InChI=1S/C27H32O5S/c1-18-25(30-3)15-23(16-26(18)31-4)27(29)22(7-5-6-21-12-13-33-17-21)14-20-8-10-24(11-9-20)32-19(2)28/h8-13,15-17,22,27,29H,5-7,14H2,1-4H3. The molecule has 3 aromatic rings. The molecule has 0 saturated carbocycles. The van der Waals surface area contributed by atoms with Crippen molar-refractivity contribution in [3.63, 3.8) is 0 Å². The lowest BCUT2D eigenvalue weighted by atomic mass is 9.85. The summed E-state index contributed by atoms with van der Waals surface area (Å²) >= 11 is 1.71. The number of hydrogen-bond acceptors (Lipinski definition) is 6. The second kappa shape index (κ2) is 11.9. The molecule has 2 atom stereocenters. The number of aryl methyl sites for hydroxylation is 1. The highest BCUT2D eigenvalue weighted by Gasteiger charge is 2.24. The average Bonchev–Trinajstić information content (AvgIpc) is 3.32. The maximum atomic E-state index is 11.4. The molecule has 6 heteroatoms. The number of ether oxygens (including phenoxy) is 3. The van der Waals surface area contributed by atoms with Crippen LogP contribution in [0.25, 0.3) is 0 Å². The molecular weight excluding hydrogens is 436 g/mol. The van der Waals surface area contributed by atoms with Gasteiger partial charge in [0.2, 0.25) is 0 Å². The lowest BCUT2D eigenvalue weighted by Gasteiger charge is -2.25. The third-order valence-corrected chi connectivity index (χ3v) is 6.60. The summed E-state index contributed by atoms with van der Waals surface area (Å²) in [6.07, 6.45) is 2.84. The summed E-state index contributed by atoms with van der Waals surface area (Å²) in [4.78, 5) is 11.2. The highest BCUT2D eigenvalue weighted by atomic mass is 32.1. The molecule has 33 heavy (non-hydrogen) atoms. The highest BCUT2D eigenvalue weighted by Crippen LogP contribution is 2.37. The summed E-state index contributed by atoms with van der Waals surface area (Å²) in [5, 5.41) is 15.7. The van der Waals surface area contributed by atoms with Crippen molar-refractivity contribution < 1.29 is 24.1 Å². The minimum absolute atomic E-state index is 0.000305. The van der Waals surface area contributed by atoms with Crippen molar-refractivity contribution >= 4 is 17.3 Å². The Bertz CT molecular complexity index is 1000. The number of methoxy groups -OCH3 is 2. The van der Waals surface area contributed by atoms with Crippen LogP contribution in [0.2, 0.25) is 0 Å². The first-order valence-corrected chi connectivity index (χ1v) is 12.0.